The molecule has 0 saturated heterocycles. The van der Waals surface area contributed by atoms with Crippen molar-refractivity contribution < 1.29 is 4.79 Å². The van der Waals surface area contributed by atoms with Gasteiger partial charge in [-0.15, -0.1) is 0 Å². The third-order valence-electron chi connectivity index (χ3n) is 3.00. The van der Waals surface area contributed by atoms with Gasteiger partial charge >= 0.3 is 0 Å². The van der Waals surface area contributed by atoms with Crippen molar-refractivity contribution in [3.63, 3.8) is 0 Å². The molecule has 2 rings (SSSR count). The summed E-state index contributed by atoms with van der Waals surface area (Å²) in [6, 6.07) is 15.3. The number of anilines is 1. The molecule has 4 heteroatoms. The largest absolute Gasteiger partial charge is 0.369 e. The Bertz CT molecular complexity index is 676. The van der Waals surface area contributed by atoms with E-state index in [0.717, 1.165) is 22.0 Å². The number of halogens is 1. The average Bonchev–Trinajstić information content (AvgIpc) is 2.46. The van der Waals surface area contributed by atoms with E-state index in [9.17, 15) is 10.1 Å². The number of nitrogens with zero attached hydrogens (tertiary/aromatic N) is 2. The zero-order valence-corrected chi connectivity index (χ0v) is 12.6. The Hall–Kier alpha value is -2.12. The molecule has 100 valence electrons. The molecular weight excluding hydrogens is 316 g/mol. The summed E-state index contributed by atoms with van der Waals surface area (Å²) in [4.78, 5) is 12.8. The molecule has 0 aliphatic rings. The molecule has 2 aromatic carbocycles. The molecule has 0 N–H and O–H groups in total. The number of carbonyl (C=O) groups is 1. The second kappa shape index (κ2) is 6.36. The third kappa shape index (κ3) is 3.25. The Balaban J connectivity index is 2.27. The van der Waals surface area contributed by atoms with Gasteiger partial charge in [0.2, 0.25) is 0 Å². The number of rotatable bonds is 4. The Labute approximate surface area is 126 Å². The monoisotopic (exact) mass is 328 g/mol. The number of hydrogen-bond acceptors (Lipinski definition) is 3. The highest BCUT2D eigenvalue weighted by Gasteiger charge is 2.09. The van der Waals surface area contributed by atoms with E-state index < -0.39 is 0 Å². The van der Waals surface area contributed by atoms with E-state index >= 15 is 0 Å². The molecule has 2 aromatic rings. The van der Waals surface area contributed by atoms with Crippen molar-refractivity contribution in [1.29, 1.82) is 5.26 Å². The minimum atomic E-state index is 0.507. The number of aldehydes is 1. The molecule has 0 saturated carbocycles. The molecule has 0 aliphatic carbocycles. The number of hydrogen-bond donors (Lipinski definition) is 0. The Kier molecular flexibility index (Phi) is 4.54. The minimum Gasteiger partial charge on any atom is -0.369 e. The quantitative estimate of drug-likeness (QED) is 0.802. The van der Waals surface area contributed by atoms with E-state index in [-0.39, 0.29) is 0 Å². The first-order chi connectivity index (χ1) is 9.63. The first-order valence-electron chi connectivity index (χ1n) is 6.09. The minimum absolute atomic E-state index is 0.507. The van der Waals surface area contributed by atoms with Crippen LogP contribution in [-0.2, 0) is 6.54 Å². The Morgan fingerprint density at radius 3 is 2.75 bits per heavy atom. The lowest BCUT2D eigenvalue weighted by molar-refractivity contribution is 0.112. The molecule has 0 unspecified atom stereocenters. The zero-order chi connectivity index (χ0) is 14.5. The fourth-order valence-electron chi connectivity index (χ4n) is 2.04. The van der Waals surface area contributed by atoms with Crippen molar-refractivity contribution >= 4 is 27.9 Å². The summed E-state index contributed by atoms with van der Waals surface area (Å²) in [5, 5.41) is 9.20. The highest BCUT2D eigenvalue weighted by molar-refractivity contribution is 9.10. The first-order valence-corrected chi connectivity index (χ1v) is 6.88. The normalized spacial score (nSPS) is 9.85. The van der Waals surface area contributed by atoms with Crippen LogP contribution in [0.15, 0.2) is 46.9 Å². The van der Waals surface area contributed by atoms with Gasteiger partial charge in [0.05, 0.1) is 11.3 Å². The van der Waals surface area contributed by atoms with Crippen LogP contribution in [0.3, 0.4) is 0 Å². The summed E-state index contributed by atoms with van der Waals surface area (Å²) in [6.45, 7) is 0.689. The third-order valence-corrected chi connectivity index (χ3v) is 3.49. The maximum Gasteiger partial charge on any atom is 0.150 e. The fraction of sp³-hybridized carbons (Fsp3) is 0.125. The number of benzene rings is 2. The van der Waals surface area contributed by atoms with Crippen molar-refractivity contribution in [3.05, 3.63) is 63.6 Å². The molecule has 0 spiro atoms. The smallest absolute Gasteiger partial charge is 0.150 e. The standard InChI is InChI=1S/C16H13BrN2O/c1-19(10-12-3-2-4-15(17)8-12)16-6-5-13(11-20)7-14(16)9-18/h2-8,11H,10H2,1H3. The van der Waals surface area contributed by atoms with Crippen molar-refractivity contribution in [2.75, 3.05) is 11.9 Å². The predicted molar refractivity (Wildman–Crippen MR) is 82.8 cm³/mol. The SMILES string of the molecule is CN(Cc1cccc(Br)c1)c1ccc(C=O)cc1C#N. The van der Waals surface area contributed by atoms with Crippen LogP contribution in [0, 0.1) is 11.3 Å². The Morgan fingerprint density at radius 2 is 2.10 bits per heavy atom. The van der Waals surface area contributed by atoms with Crippen LogP contribution in [0.25, 0.3) is 0 Å². The average molecular weight is 329 g/mol. The molecule has 20 heavy (non-hydrogen) atoms. The van der Waals surface area contributed by atoms with Gasteiger partial charge in [0, 0.05) is 23.6 Å². The molecule has 0 bridgehead atoms. The van der Waals surface area contributed by atoms with Gasteiger partial charge in [-0.2, -0.15) is 5.26 Å². The second-order valence-corrected chi connectivity index (χ2v) is 5.41. The van der Waals surface area contributed by atoms with Gasteiger partial charge in [-0.3, -0.25) is 4.79 Å². The predicted octanol–water partition coefficient (Wildman–Crippen LogP) is 3.77. The van der Waals surface area contributed by atoms with Crippen LogP contribution < -0.4 is 4.90 Å². The lowest BCUT2D eigenvalue weighted by Gasteiger charge is -2.21. The summed E-state index contributed by atoms with van der Waals surface area (Å²) < 4.78 is 1.03. The van der Waals surface area contributed by atoms with E-state index in [2.05, 4.69) is 22.0 Å². The highest BCUT2D eigenvalue weighted by Crippen LogP contribution is 2.22. The molecule has 0 aromatic heterocycles. The van der Waals surface area contributed by atoms with Gasteiger partial charge in [0.1, 0.15) is 12.4 Å². The topological polar surface area (TPSA) is 44.1 Å². The van der Waals surface area contributed by atoms with Crippen molar-refractivity contribution in [2.24, 2.45) is 0 Å². The van der Waals surface area contributed by atoms with Crippen molar-refractivity contribution in [1.82, 2.24) is 0 Å². The lowest BCUT2D eigenvalue weighted by atomic mass is 10.1. The molecule has 3 nitrogen and oxygen atoms in total. The van der Waals surface area contributed by atoms with Crippen LogP contribution in [0.2, 0.25) is 0 Å². The summed E-state index contributed by atoms with van der Waals surface area (Å²) in [7, 11) is 1.93. The van der Waals surface area contributed by atoms with Crippen LogP contribution in [0.4, 0.5) is 5.69 Å². The van der Waals surface area contributed by atoms with E-state index in [1.165, 1.54) is 0 Å². The zero-order valence-electron chi connectivity index (χ0n) is 11.0. The molecule has 0 amide bonds. The Morgan fingerprint density at radius 1 is 1.30 bits per heavy atom. The molecule has 0 atom stereocenters. The second-order valence-electron chi connectivity index (χ2n) is 4.49. The van der Waals surface area contributed by atoms with Crippen molar-refractivity contribution in [2.45, 2.75) is 6.54 Å². The van der Waals surface area contributed by atoms with Gasteiger partial charge in [0.15, 0.2) is 0 Å². The van der Waals surface area contributed by atoms with Crippen LogP contribution in [0.1, 0.15) is 21.5 Å². The first kappa shape index (κ1) is 14.3. The van der Waals surface area contributed by atoms with Crippen LogP contribution >= 0.6 is 15.9 Å². The summed E-state index contributed by atoms with van der Waals surface area (Å²) in [5.74, 6) is 0. The molecule has 0 aliphatic heterocycles. The van der Waals surface area contributed by atoms with Crippen LogP contribution in [0.5, 0.6) is 0 Å². The fourth-order valence-corrected chi connectivity index (χ4v) is 2.49. The van der Waals surface area contributed by atoms with Gasteiger partial charge < -0.3 is 4.90 Å². The summed E-state index contributed by atoms with van der Waals surface area (Å²) in [5.41, 5.74) is 2.98. The van der Waals surface area contributed by atoms with E-state index in [1.807, 2.05) is 36.2 Å². The highest BCUT2D eigenvalue weighted by atomic mass is 79.9. The van der Waals surface area contributed by atoms with E-state index in [0.29, 0.717) is 17.7 Å². The molecule has 0 fully saturated rings. The lowest BCUT2D eigenvalue weighted by Crippen LogP contribution is -2.17. The maximum absolute atomic E-state index is 10.8. The number of nitriles is 1. The molecular formula is C16H13BrN2O. The van der Waals surface area contributed by atoms with E-state index in [4.69, 9.17) is 0 Å². The van der Waals surface area contributed by atoms with Crippen LogP contribution in [-0.4, -0.2) is 13.3 Å². The summed E-state index contributed by atoms with van der Waals surface area (Å²) >= 11 is 3.45. The summed E-state index contributed by atoms with van der Waals surface area (Å²) in [6.07, 6.45) is 0.749. The van der Waals surface area contributed by atoms with Gasteiger partial charge in [0.25, 0.3) is 0 Å². The molecule has 0 heterocycles. The number of carbonyl (C=O) groups excluding carboxylic acids is 1. The van der Waals surface area contributed by atoms with Crippen molar-refractivity contribution in [3.8, 4) is 6.07 Å². The molecule has 0 radical (unpaired) electrons. The van der Waals surface area contributed by atoms with Gasteiger partial charge in [-0.1, -0.05) is 28.1 Å². The van der Waals surface area contributed by atoms with Gasteiger partial charge in [-0.05, 0) is 35.9 Å². The van der Waals surface area contributed by atoms with E-state index in [1.54, 1.807) is 18.2 Å². The maximum atomic E-state index is 10.8. The van der Waals surface area contributed by atoms with Gasteiger partial charge in [-0.25, -0.2) is 0 Å².